The van der Waals surface area contributed by atoms with Crippen molar-refractivity contribution in [2.45, 2.75) is 30.6 Å². The highest BCUT2D eigenvalue weighted by atomic mass is 35.5. The fourth-order valence-electron chi connectivity index (χ4n) is 2.19. The maximum Gasteiger partial charge on any atom is 0.414 e. The zero-order valence-electron chi connectivity index (χ0n) is 12.9. The first-order valence-corrected chi connectivity index (χ1v) is 8.92. The van der Waals surface area contributed by atoms with Gasteiger partial charge in [-0.25, -0.2) is 9.59 Å². The van der Waals surface area contributed by atoms with Crippen molar-refractivity contribution in [3.05, 3.63) is 29.3 Å². The minimum atomic E-state index is -1.82. The number of rotatable bonds is 5. The van der Waals surface area contributed by atoms with Gasteiger partial charge in [-0.15, -0.1) is 11.8 Å². The zero-order valence-corrected chi connectivity index (χ0v) is 14.5. The monoisotopic (exact) mass is 359 g/mol. The zero-order chi connectivity index (χ0) is 17.1. The van der Waals surface area contributed by atoms with Crippen molar-refractivity contribution in [3.63, 3.8) is 0 Å². The SMILES string of the molecule is Clc1ccc(SCCCN2CCCCC2)cc1.O=C(O)C(=O)O. The maximum absolute atomic E-state index is 9.10. The predicted octanol–water partition coefficient (Wildman–Crippen LogP) is 3.46. The molecule has 0 radical (unpaired) electrons. The van der Waals surface area contributed by atoms with Gasteiger partial charge in [-0.1, -0.05) is 18.0 Å². The molecule has 1 aliphatic rings. The van der Waals surface area contributed by atoms with E-state index in [4.69, 9.17) is 31.4 Å². The molecule has 7 heteroatoms. The van der Waals surface area contributed by atoms with E-state index in [0.717, 1.165) is 5.02 Å². The van der Waals surface area contributed by atoms with Crippen molar-refractivity contribution in [1.82, 2.24) is 4.90 Å². The van der Waals surface area contributed by atoms with Crippen LogP contribution in [0.4, 0.5) is 0 Å². The van der Waals surface area contributed by atoms with Crippen molar-refractivity contribution in [2.24, 2.45) is 0 Å². The van der Waals surface area contributed by atoms with Crippen molar-refractivity contribution < 1.29 is 19.8 Å². The van der Waals surface area contributed by atoms with Gasteiger partial charge in [0, 0.05) is 9.92 Å². The van der Waals surface area contributed by atoms with Crippen molar-refractivity contribution in [1.29, 1.82) is 0 Å². The molecule has 1 heterocycles. The number of carboxylic acids is 2. The first-order valence-electron chi connectivity index (χ1n) is 7.56. The Morgan fingerprint density at radius 2 is 1.61 bits per heavy atom. The number of benzene rings is 1. The Balaban J connectivity index is 0.000000379. The molecule has 0 spiro atoms. The van der Waals surface area contributed by atoms with Crippen LogP contribution in [0.5, 0.6) is 0 Å². The van der Waals surface area contributed by atoms with E-state index in [9.17, 15) is 0 Å². The molecule has 1 aliphatic heterocycles. The number of likely N-dealkylation sites (tertiary alicyclic amines) is 1. The third kappa shape index (κ3) is 9.48. The molecular weight excluding hydrogens is 338 g/mol. The Morgan fingerprint density at radius 1 is 1.04 bits per heavy atom. The van der Waals surface area contributed by atoms with Gasteiger partial charge in [0.2, 0.25) is 0 Å². The van der Waals surface area contributed by atoms with E-state index in [2.05, 4.69) is 17.0 Å². The lowest BCUT2D eigenvalue weighted by Crippen LogP contribution is -2.30. The lowest BCUT2D eigenvalue weighted by molar-refractivity contribution is -0.159. The molecular formula is C16H22ClNO4S. The lowest BCUT2D eigenvalue weighted by Gasteiger charge is -2.26. The van der Waals surface area contributed by atoms with Crippen LogP contribution in [0, 0.1) is 0 Å². The van der Waals surface area contributed by atoms with E-state index >= 15 is 0 Å². The highest BCUT2D eigenvalue weighted by molar-refractivity contribution is 7.99. The number of piperidine rings is 1. The molecule has 0 bridgehead atoms. The fourth-order valence-corrected chi connectivity index (χ4v) is 3.16. The molecule has 0 unspecified atom stereocenters. The smallest absolute Gasteiger partial charge is 0.414 e. The van der Waals surface area contributed by atoms with E-state index in [1.807, 2.05) is 23.9 Å². The van der Waals surface area contributed by atoms with Crippen LogP contribution < -0.4 is 0 Å². The average molecular weight is 360 g/mol. The van der Waals surface area contributed by atoms with E-state index in [1.54, 1.807) is 0 Å². The quantitative estimate of drug-likeness (QED) is 0.476. The van der Waals surface area contributed by atoms with E-state index in [0.29, 0.717) is 0 Å². The van der Waals surface area contributed by atoms with Crippen molar-refractivity contribution in [3.8, 4) is 0 Å². The number of carbonyl (C=O) groups is 2. The molecule has 0 atom stereocenters. The second-order valence-electron chi connectivity index (χ2n) is 5.17. The number of hydrogen-bond acceptors (Lipinski definition) is 4. The summed E-state index contributed by atoms with van der Waals surface area (Å²) in [5.41, 5.74) is 0. The van der Waals surface area contributed by atoms with Crippen LogP contribution in [0.15, 0.2) is 29.2 Å². The Labute approximate surface area is 145 Å². The number of carboxylic acid groups (broad SMARTS) is 2. The van der Waals surface area contributed by atoms with Gasteiger partial charge in [-0.3, -0.25) is 0 Å². The molecule has 1 aromatic rings. The summed E-state index contributed by atoms with van der Waals surface area (Å²) in [5.74, 6) is -2.44. The van der Waals surface area contributed by atoms with Crippen LogP contribution in [0.1, 0.15) is 25.7 Å². The number of thioether (sulfide) groups is 1. The third-order valence-corrected chi connectivity index (χ3v) is 4.68. The van der Waals surface area contributed by atoms with Crippen molar-refractivity contribution >= 4 is 35.3 Å². The van der Waals surface area contributed by atoms with E-state index in [1.165, 1.54) is 56.0 Å². The summed E-state index contributed by atoms with van der Waals surface area (Å²) < 4.78 is 0. The third-order valence-electron chi connectivity index (χ3n) is 3.33. The molecule has 0 saturated carbocycles. The minimum absolute atomic E-state index is 0.822. The molecule has 2 N–H and O–H groups in total. The van der Waals surface area contributed by atoms with Gasteiger partial charge in [0.1, 0.15) is 0 Å². The Hall–Kier alpha value is -1.24. The molecule has 1 fully saturated rings. The Kier molecular flexibility index (Phi) is 9.75. The Morgan fingerprint density at radius 3 is 2.13 bits per heavy atom. The molecule has 0 aliphatic carbocycles. The number of hydrogen-bond donors (Lipinski definition) is 2. The lowest BCUT2D eigenvalue weighted by atomic mass is 10.1. The van der Waals surface area contributed by atoms with Crippen LogP contribution in [-0.2, 0) is 9.59 Å². The van der Waals surface area contributed by atoms with Gasteiger partial charge in [0.15, 0.2) is 0 Å². The van der Waals surface area contributed by atoms with Crippen LogP contribution in [0.2, 0.25) is 5.02 Å². The number of halogens is 1. The summed E-state index contributed by atoms with van der Waals surface area (Å²) in [4.78, 5) is 22.1. The number of nitrogens with zero attached hydrogens (tertiary/aromatic N) is 1. The number of aliphatic carboxylic acids is 2. The van der Waals surface area contributed by atoms with Crippen LogP contribution in [0.25, 0.3) is 0 Å². The normalized spacial score (nSPS) is 14.7. The molecule has 0 aromatic heterocycles. The molecule has 1 saturated heterocycles. The summed E-state index contributed by atoms with van der Waals surface area (Å²) in [5, 5.41) is 15.6. The highest BCUT2D eigenvalue weighted by Gasteiger charge is 2.08. The van der Waals surface area contributed by atoms with Gasteiger partial charge in [0.05, 0.1) is 0 Å². The maximum atomic E-state index is 9.10. The van der Waals surface area contributed by atoms with Gasteiger partial charge < -0.3 is 15.1 Å². The van der Waals surface area contributed by atoms with Gasteiger partial charge in [-0.05, 0) is 68.9 Å². The summed E-state index contributed by atoms with van der Waals surface area (Å²) in [6, 6.07) is 8.14. The molecule has 128 valence electrons. The summed E-state index contributed by atoms with van der Waals surface area (Å²) in [6.07, 6.45) is 5.50. The predicted molar refractivity (Wildman–Crippen MR) is 92.4 cm³/mol. The van der Waals surface area contributed by atoms with Crippen LogP contribution in [0.3, 0.4) is 0 Å². The molecule has 1 aromatic carbocycles. The Bertz CT molecular complexity index is 477. The van der Waals surface area contributed by atoms with Crippen LogP contribution >= 0.6 is 23.4 Å². The van der Waals surface area contributed by atoms with E-state index < -0.39 is 11.9 Å². The molecule has 2 rings (SSSR count). The minimum Gasteiger partial charge on any atom is -0.473 e. The summed E-state index contributed by atoms with van der Waals surface area (Å²) in [6.45, 7) is 3.89. The summed E-state index contributed by atoms with van der Waals surface area (Å²) in [7, 11) is 0. The van der Waals surface area contributed by atoms with Crippen molar-refractivity contribution in [2.75, 3.05) is 25.4 Å². The first kappa shape index (κ1) is 19.8. The molecule has 23 heavy (non-hydrogen) atoms. The molecule has 0 amide bonds. The topological polar surface area (TPSA) is 77.8 Å². The average Bonchev–Trinajstić information content (AvgIpc) is 2.55. The van der Waals surface area contributed by atoms with Gasteiger partial charge in [-0.2, -0.15) is 0 Å². The largest absolute Gasteiger partial charge is 0.473 e. The second-order valence-corrected chi connectivity index (χ2v) is 6.77. The fraction of sp³-hybridized carbons (Fsp3) is 0.500. The van der Waals surface area contributed by atoms with Gasteiger partial charge in [0.25, 0.3) is 0 Å². The van der Waals surface area contributed by atoms with Crippen LogP contribution in [-0.4, -0.2) is 52.4 Å². The van der Waals surface area contributed by atoms with E-state index in [-0.39, 0.29) is 0 Å². The standard InChI is InChI=1S/C14H20ClNS.C2H2O4/c15-13-5-7-14(8-6-13)17-12-4-11-16-9-2-1-3-10-16;3-1(4)2(5)6/h5-8H,1-4,9-12H2;(H,3,4)(H,5,6). The summed E-state index contributed by atoms with van der Waals surface area (Å²) >= 11 is 7.79. The second kappa shape index (κ2) is 11.3. The first-order chi connectivity index (χ1) is 11.0. The van der Waals surface area contributed by atoms with Gasteiger partial charge >= 0.3 is 11.9 Å². The highest BCUT2D eigenvalue weighted by Crippen LogP contribution is 2.21. The molecule has 5 nitrogen and oxygen atoms in total.